The van der Waals surface area contributed by atoms with Crippen molar-refractivity contribution >= 4 is 45.1 Å². The number of aryl methyl sites for hydroxylation is 1. The van der Waals surface area contributed by atoms with Crippen LogP contribution in [0.15, 0.2) is 27.1 Å². The van der Waals surface area contributed by atoms with E-state index in [4.69, 9.17) is 37.5 Å². The van der Waals surface area contributed by atoms with E-state index in [-0.39, 0.29) is 12.4 Å². The van der Waals surface area contributed by atoms with E-state index < -0.39 is 5.97 Å². The van der Waals surface area contributed by atoms with Gasteiger partial charge >= 0.3 is 5.97 Å². The molecular weight excluding hydrogens is 371 g/mol. The summed E-state index contributed by atoms with van der Waals surface area (Å²) in [7, 11) is 0. The minimum Gasteiger partial charge on any atom is -0.486 e. The van der Waals surface area contributed by atoms with Gasteiger partial charge in [0.25, 0.3) is 0 Å². The van der Waals surface area contributed by atoms with Gasteiger partial charge in [0, 0.05) is 10.0 Å². The summed E-state index contributed by atoms with van der Waals surface area (Å²) in [5, 5.41) is 9.57. The Balaban J connectivity index is 2.19. The third kappa shape index (κ3) is 3.29. The van der Waals surface area contributed by atoms with Crippen LogP contribution in [0.3, 0.4) is 0 Å². The van der Waals surface area contributed by atoms with Gasteiger partial charge in [-0.25, -0.2) is 4.79 Å². The lowest BCUT2D eigenvalue weighted by molar-refractivity contribution is 0.0661. The second-order valence-electron chi connectivity index (χ2n) is 3.98. The van der Waals surface area contributed by atoms with E-state index in [1.807, 2.05) is 0 Å². The van der Waals surface area contributed by atoms with Crippen molar-refractivity contribution < 1.29 is 19.1 Å². The first-order valence-corrected chi connectivity index (χ1v) is 7.03. The number of benzene rings is 1. The van der Waals surface area contributed by atoms with E-state index in [2.05, 4.69) is 15.9 Å². The van der Waals surface area contributed by atoms with Crippen LogP contribution in [-0.4, -0.2) is 11.1 Å². The number of rotatable bonds is 4. The molecule has 106 valence electrons. The van der Waals surface area contributed by atoms with Crippen LogP contribution in [0.4, 0.5) is 0 Å². The van der Waals surface area contributed by atoms with Gasteiger partial charge in [0.1, 0.15) is 12.4 Å². The third-order valence-corrected chi connectivity index (χ3v) is 3.59. The van der Waals surface area contributed by atoms with Gasteiger partial charge in [-0.2, -0.15) is 0 Å². The number of carbonyl (C=O) groups is 1. The smallest absolute Gasteiger partial charge is 0.371 e. The van der Waals surface area contributed by atoms with Gasteiger partial charge in [-0.05, 0) is 25.1 Å². The van der Waals surface area contributed by atoms with Crippen LogP contribution >= 0.6 is 39.1 Å². The Labute approximate surface area is 133 Å². The SMILES string of the molecule is Cc1oc(C(=O)O)cc1COc1c(Cl)cc(Br)cc1Cl. The average molecular weight is 380 g/mol. The second kappa shape index (κ2) is 6.08. The van der Waals surface area contributed by atoms with Gasteiger partial charge in [-0.15, -0.1) is 0 Å². The molecule has 0 bridgehead atoms. The first kappa shape index (κ1) is 15.2. The Morgan fingerprint density at radius 1 is 1.35 bits per heavy atom. The number of hydrogen-bond acceptors (Lipinski definition) is 3. The molecular formula is C13H9BrCl2O4. The largest absolute Gasteiger partial charge is 0.486 e. The quantitative estimate of drug-likeness (QED) is 0.817. The lowest BCUT2D eigenvalue weighted by atomic mass is 10.2. The summed E-state index contributed by atoms with van der Waals surface area (Å²) >= 11 is 15.3. The molecule has 20 heavy (non-hydrogen) atoms. The van der Waals surface area contributed by atoms with E-state index >= 15 is 0 Å². The molecule has 0 aliphatic rings. The summed E-state index contributed by atoms with van der Waals surface area (Å²) in [6, 6.07) is 4.74. The van der Waals surface area contributed by atoms with Crippen molar-refractivity contribution in [2.75, 3.05) is 0 Å². The zero-order valence-corrected chi connectivity index (χ0v) is 13.3. The zero-order valence-electron chi connectivity index (χ0n) is 10.2. The van der Waals surface area contributed by atoms with Gasteiger partial charge in [-0.3, -0.25) is 0 Å². The van der Waals surface area contributed by atoms with Crippen LogP contribution in [0.25, 0.3) is 0 Å². The molecule has 2 rings (SSSR count). The Morgan fingerprint density at radius 2 is 1.95 bits per heavy atom. The summed E-state index contributed by atoms with van der Waals surface area (Å²) in [5.41, 5.74) is 0.623. The molecule has 0 aliphatic carbocycles. The van der Waals surface area contributed by atoms with Crippen molar-refractivity contribution in [2.24, 2.45) is 0 Å². The van der Waals surface area contributed by atoms with Crippen LogP contribution in [0.1, 0.15) is 21.9 Å². The van der Waals surface area contributed by atoms with Gasteiger partial charge < -0.3 is 14.3 Å². The number of carboxylic acid groups (broad SMARTS) is 1. The molecule has 0 radical (unpaired) electrons. The maximum atomic E-state index is 10.8. The molecule has 0 saturated carbocycles. The first-order chi connectivity index (χ1) is 9.38. The number of carboxylic acids is 1. The van der Waals surface area contributed by atoms with Crippen molar-refractivity contribution in [2.45, 2.75) is 13.5 Å². The molecule has 2 aromatic rings. The summed E-state index contributed by atoms with van der Waals surface area (Å²) in [4.78, 5) is 10.8. The van der Waals surface area contributed by atoms with Gasteiger partial charge in [0.05, 0.1) is 10.0 Å². The molecule has 1 heterocycles. The van der Waals surface area contributed by atoms with Crippen LogP contribution in [0, 0.1) is 6.92 Å². The van der Waals surface area contributed by atoms with Crippen molar-refractivity contribution in [3.63, 3.8) is 0 Å². The van der Waals surface area contributed by atoms with Crippen molar-refractivity contribution in [1.29, 1.82) is 0 Å². The Kier molecular flexibility index (Phi) is 4.62. The fraction of sp³-hybridized carbons (Fsp3) is 0.154. The monoisotopic (exact) mass is 378 g/mol. The maximum Gasteiger partial charge on any atom is 0.371 e. The zero-order chi connectivity index (χ0) is 14.9. The number of furan rings is 1. The van der Waals surface area contributed by atoms with Gasteiger partial charge in [0.15, 0.2) is 5.75 Å². The number of ether oxygens (including phenoxy) is 1. The van der Waals surface area contributed by atoms with Crippen LogP contribution in [0.2, 0.25) is 10.0 Å². The summed E-state index contributed by atoms with van der Waals surface area (Å²) in [6.45, 7) is 1.78. The van der Waals surface area contributed by atoms with Crippen molar-refractivity contribution in [1.82, 2.24) is 0 Å². The third-order valence-electron chi connectivity index (χ3n) is 2.57. The highest BCUT2D eigenvalue weighted by molar-refractivity contribution is 9.10. The Morgan fingerprint density at radius 3 is 2.45 bits per heavy atom. The van der Waals surface area contributed by atoms with Crippen LogP contribution in [0.5, 0.6) is 5.75 Å². The molecule has 0 fully saturated rings. The van der Waals surface area contributed by atoms with Crippen molar-refractivity contribution in [3.8, 4) is 5.75 Å². The van der Waals surface area contributed by atoms with E-state index in [0.717, 1.165) is 4.47 Å². The molecule has 7 heteroatoms. The predicted molar refractivity (Wildman–Crippen MR) is 78.9 cm³/mol. The summed E-state index contributed by atoms with van der Waals surface area (Å²) in [6.07, 6.45) is 0. The molecule has 0 saturated heterocycles. The molecule has 4 nitrogen and oxygen atoms in total. The molecule has 1 aromatic heterocycles. The first-order valence-electron chi connectivity index (χ1n) is 5.48. The number of halogens is 3. The lowest BCUT2D eigenvalue weighted by Gasteiger charge is -2.09. The molecule has 1 N–H and O–H groups in total. The molecule has 0 unspecified atom stereocenters. The number of hydrogen-bond donors (Lipinski definition) is 1. The molecule has 0 spiro atoms. The molecule has 1 aromatic carbocycles. The highest BCUT2D eigenvalue weighted by Gasteiger charge is 2.15. The van der Waals surface area contributed by atoms with E-state index in [1.54, 1.807) is 19.1 Å². The predicted octanol–water partition coefficient (Wildman–Crippen LogP) is 4.93. The van der Waals surface area contributed by atoms with Crippen LogP contribution < -0.4 is 4.74 Å². The highest BCUT2D eigenvalue weighted by Crippen LogP contribution is 2.36. The summed E-state index contributed by atoms with van der Waals surface area (Å²) < 4.78 is 11.4. The summed E-state index contributed by atoms with van der Waals surface area (Å²) in [5.74, 6) is -0.436. The minimum atomic E-state index is -1.13. The van der Waals surface area contributed by atoms with E-state index in [0.29, 0.717) is 27.1 Å². The number of aromatic carboxylic acids is 1. The van der Waals surface area contributed by atoms with E-state index in [1.165, 1.54) is 6.07 Å². The molecule has 0 aliphatic heterocycles. The normalized spacial score (nSPS) is 10.6. The molecule has 0 amide bonds. The lowest BCUT2D eigenvalue weighted by Crippen LogP contribution is -1.97. The Hall–Kier alpha value is -1.17. The second-order valence-corrected chi connectivity index (χ2v) is 5.71. The topological polar surface area (TPSA) is 59.7 Å². The van der Waals surface area contributed by atoms with Crippen molar-refractivity contribution in [3.05, 3.63) is 49.8 Å². The van der Waals surface area contributed by atoms with Gasteiger partial charge in [0.2, 0.25) is 5.76 Å². The maximum absolute atomic E-state index is 10.8. The minimum absolute atomic E-state index is 0.115. The van der Waals surface area contributed by atoms with Gasteiger partial charge in [-0.1, -0.05) is 39.1 Å². The average Bonchev–Trinajstić information content (AvgIpc) is 2.70. The fourth-order valence-electron chi connectivity index (χ4n) is 1.59. The van der Waals surface area contributed by atoms with Crippen LogP contribution in [-0.2, 0) is 6.61 Å². The highest BCUT2D eigenvalue weighted by atomic mass is 79.9. The fourth-order valence-corrected chi connectivity index (χ4v) is 2.90. The molecule has 0 atom stereocenters. The Bertz CT molecular complexity index is 643. The standard InChI is InChI=1S/C13H9BrCl2O4/c1-6-7(2-11(20-6)13(17)18)5-19-12-9(15)3-8(14)4-10(12)16/h2-4H,5H2,1H3,(H,17,18). The van der Waals surface area contributed by atoms with E-state index in [9.17, 15) is 4.79 Å².